The molecule has 1 atom stereocenters. The summed E-state index contributed by atoms with van der Waals surface area (Å²) in [5.74, 6) is -1.52. The zero-order valence-electron chi connectivity index (χ0n) is 11.9. The molecule has 1 fully saturated rings. The summed E-state index contributed by atoms with van der Waals surface area (Å²) in [6.07, 6.45) is -0.381. The Labute approximate surface area is 118 Å². The summed E-state index contributed by atoms with van der Waals surface area (Å²) in [6, 6.07) is -1.33. The lowest BCUT2D eigenvalue weighted by atomic mass is 10.1. The number of piperazine rings is 1. The van der Waals surface area contributed by atoms with Crippen molar-refractivity contribution in [1.29, 1.82) is 0 Å². The van der Waals surface area contributed by atoms with Crippen molar-refractivity contribution in [1.82, 2.24) is 20.4 Å². The molecule has 1 heterocycles. The van der Waals surface area contributed by atoms with Crippen LogP contribution in [-0.4, -0.2) is 78.6 Å². The van der Waals surface area contributed by atoms with E-state index >= 15 is 0 Å². The number of hydrogen-bond acceptors (Lipinski definition) is 4. The quantitative estimate of drug-likeness (QED) is 0.576. The number of likely N-dealkylation sites (N-methyl/N-ethyl adjacent to an activating group) is 1. The molecule has 0 aromatic heterocycles. The topological polar surface area (TPSA) is 102 Å². The van der Waals surface area contributed by atoms with Crippen LogP contribution in [0.15, 0.2) is 0 Å². The van der Waals surface area contributed by atoms with E-state index in [1.54, 1.807) is 0 Å². The van der Waals surface area contributed by atoms with Crippen molar-refractivity contribution in [2.75, 3.05) is 39.8 Å². The minimum absolute atomic E-state index is 0.319. The van der Waals surface area contributed by atoms with Crippen LogP contribution in [0.3, 0.4) is 0 Å². The molecule has 0 aliphatic carbocycles. The number of amides is 3. The first-order valence-electron chi connectivity index (χ1n) is 6.68. The van der Waals surface area contributed by atoms with Crippen molar-refractivity contribution >= 4 is 17.9 Å². The summed E-state index contributed by atoms with van der Waals surface area (Å²) in [6.45, 7) is 4.71. The van der Waals surface area contributed by atoms with Gasteiger partial charge in [-0.3, -0.25) is 9.59 Å². The molecule has 0 spiro atoms. The SMILES string of the molecule is CCN(C)CCNC(=O)N1CCNC(=O)C1CC(=O)O. The van der Waals surface area contributed by atoms with Crippen molar-refractivity contribution in [2.24, 2.45) is 0 Å². The number of aliphatic carboxylic acids is 1. The van der Waals surface area contributed by atoms with E-state index in [-0.39, 0.29) is 6.42 Å². The average Bonchev–Trinajstić information content (AvgIpc) is 2.40. The molecule has 0 radical (unpaired) electrons. The molecule has 1 saturated heterocycles. The standard InChI is InChI=1S/C12H22N4O4/c1-3-15(2)6-4-14-12(20)16-7-5-13-11(19)9(16)8-10(17)18/h9H,3-8H2,1-2H3,(H,13,19)(H,14,20)(H,17,18). The molecule has 0 aromatic rings. The monoisotopic (exact) mass is 286 g/mol. The van der Waals surface area contributed by atoms with Crippen LogP contribution in [0.1, 0.15) is 13.3 Å². The van der Waals surface area contributed by atoms with Gasteiger partial charge < -0.3 is 25.5 Å². The van der Waals surface area contributed by atoms with Crippen LogP contribution in [-0.2, 0) is 9.59 Å². The highest BCUT2D eigenvalue weighted by atomic mass is 16.4. The van der Waals surface area contributed by atoms with Crippen molar-refractivity contribution in [3.05, 3.63) is 0 Å². The summed E-state index contributed by atoms with van der Waals surface area (Å²) >= 11 is 0. The van der Waals surface area contributed by atoms with Crippen LogP contribution in [0.5, 0.6) is 0 Å². The summed E-state index contributed by atoms with van der Waals surface area (Å²) in [5.41, 5.74) is 0. The molecule has 8 nitrogen and oxygen atoms in total. The molecule has 1 unspecified atom stereocenters. The fraction of sp³-hybridized carbons (Fsp3) is 0.750. The predicted molar refractivity (Wildman–Crippen MR) is 72.3 cm³/mol. The summed E-state index contributed by atoms with van der Waals surface area (Å²) in [7, 11) is 1.94. The smallest absolute Gasteiger partial charge is 0.318 e. The fourth-order valence-electron chi connectivity index (χ4n) is 1.94. The number of nitrogens with zero attached hydrogens (tertiary/aromatic N) is 2. The Hall–Kier alpha value is -1.83. The van der Waals surface area contributed by atoms with Crippen LogP contribution >= 0.6 is 0 Å². The third-order valence-corrected chi connectivity index (χ3v) is 3.27. The molecule has 8 heteroatoms. The van der Waals surface area contributed by atoms with Gasteiger partial charge in [0.2, 0.25) is 5.91 Å². The summed E-state index contributed by atoms with van der Waals surface area (Å²) in [5, 5.41) is 14.1. The Kier molecular flexibility index (Phi) is 6.23. The summed E-state index contributed by atoms with van der Waals surface area (Å²) < 4.78 is 0. The van der Waals surface area contributed by atoms with E-state index in [1.807, 2.05) is 18.9 Å². The van der Waals surface area contributed by atoms with Crippen molar-refractivity contribution in [2.45, 2.75) is 19.4 Å². The molecule has 114 valence electrons. The zero-order chi connectivity index (χ0) is 15.1. The Morgan fingerprint density at radius 3 is 2.85 bits per heavy atom. The molecule has 1 aliphatic heterocycles. The van der Waals surface area contributed by atoms with Gasteiger partial charge in [0.1, 0.15) is 6.04 Å². The number of carboxylic acids is 1. The molecular formula is C12H22N4O4. The maximum absolute atomic E-state index is 12.0. The number of hydrogen-bond donors (Lipinski definition) is 3. The number of carbonyl (C=O) groups excluding carboxylic acids is 2. The average molecular weight is 286 g/mol. The van der Waals surface area contributed by atoms with Gasteiger partial charge in [0.25, 0.3) is 0 Å². The van der Waals surface area contributed by atoms with Crippen LogP contribution in [0, 0.1) is 0 Å². The van der Waals surface area contributed by atoms with Crippen molar-refractivity contribution < 1.29 is 19.5 Å². The summed E-state index contributed by atoms with van der Waals surface area (Å²) in [4.78, 5) is 37.8. The molecule has 3 amide bonds. The Morgan fingerprint density at radius 2 is 2.25 bits per heavy atom. The Morgan fingerprint density at radius 1 is 1.55 bits per heavy atom. The zero-order valence-corrected chi connectivity index (χ0v) is 11.9. The first-order chi connectivity index (χ1) is 9.45. The second kappa shape index (κ2) is 7.68. The van der Waals surface area contributed by atoms with E-state index in [4.69, 9.17) is 5.11 Å². The van der Waals surface area contributed by atoms with Gasteiger partial charge in [-0.2, -0.15) is 0 Å². The Bertz CT molecular complexity index is 374. The lowest BCUT2D eigenvalue weighted by Gasteiger charge is -2.34. The molecular weight excluding hydrogens is 264 g/mol. The Balaban J connectivity index is 2.54. The minimum atomic E-state index is -1.10. The first-order valence-corrected chi connectivity index (χ1v) is 6.68. The molecule has 3 N–H and O–H groups in total. The van der Waals surface area contributed by atoms with Gasteiger partial charge in [0, 0.05) is 26.2 Å². The maximum atomic E-state index is 12.0. The minimum Gasteiger partial charge on any atom is -0.481 e. The van der Waals surface area contributed by atoms with Gasteiger partial charge in [-0.15, -0.1) is 0 Å². The number of rotatable bonds is 6. The molecule has 1 rings (SSSR count). The van der Waals surface area contributed by atoms with E-state index in [9.17, 15) is 14.4 Å². The number of carboxylic acid groups (broad SMARTS) is 1. The van der Waals surface area contributed by atoms with E-state index in [1.165, 1.54) is 4.90 Å². The van der Waals surface area contributed by atoms with Crippen LogP contribution in [0.25, 0.3) is 0 Å². The number of urea groups is 1. The van der Waals surface area contributed by atoms with E-state index < -0.39 is 23.9 Å². The van der Waals surface area contributed by atoms with Crippen LogP contribution in [0.4, 0.5) is 4.79 Å². The highest BCUT2D eigenvalue weighted by Crippen LogP contribution is 2.09. The van der Waals surface area contributed by atoms with E-state index in [0.717, 1.165) is 6.54 Å². The van der Waals surface area contributed by atoms with Crippen LogP contribution < -0.4 is 10.6 Å². The van der Waals surface area contributed by atoms with Gasteiger partial charge in [-0.05, 0) is 13.6 Å². The molecule has 0 bridgehead atoms. The van der Waals surface area contributed by atoms with Gasteiger partial charge in [0.05, 0.1) is 6.42 Å². The van der Waals surface area contributed by atoms with Crippen molar-refractivity contribution in [3.63, 3.8) is 0 Å². The largest absolute Gasteiger partial charge is 0.481 e. The number of carbonyl (C=O) groups is 3. The molecule has 0 saturated carbocycles. The van der Waals surface area contributed by atoms with Gasteiger partial charge in [0.15, 0.2) is 0 Å². The normalized spacial score (nSPS) is 18.9. The maximum Gasteiger partial charge on any atom is 0.318 e. The van der Waals surface area contributed by atoms with E-state index in [0.29, 0.717) is 26.2 Å². The third kappa shape index (κ3) is 4.69. The lowest BCUT2D eigenvalue weighted by molar-refractivity contribution is -0.142. The second-order valence-electron chi connectivity index (χ2n) is 4.73. The third-order valence-electron chi connectivity index (χ3n) is 3.27. The molecule has 1 aliphatic rings. The molecule has 20 heavy (non-hydrogen) atoms. The highest BCUT2D eigenvalue weighted by Gasteiger charge is 2.34. The lowest BCUT2D eigenvalue weighted by Crippen LogP contribution is -2.60. The fourth-order valence-corrected chi connectivity index (χ4v) is 1.94. The first kappa shape index (κ1) is 16.2. The van der Waals surface area contributed by atoms with Gasteiger partial charge in [-0.25, -0.2) is 4.79 Å². The van der Waals surface area contributed by atoms with Gasteiger partial charge in [-0.1, -0.05) is 6.92 Å². The van der Waals surface area contributed by atoms with Gasteiger partial charge >= 0.3 is 12.0 Å². The predicted octanol–water partition coefficient (Wildman–Crippen LogP) is -1.08. The van der Waals surface area contributed by atoms with Crippen molar-refractivity contribution in [3.8, 4) is 0 Å². The second-order valence-corrected chi connectivity index (χ2v) is 4.73. The van der Waals surface area contributed by atoms with Crippen LogP contribution in [0.2, 0.25) is 0 Å². The van der Waals surface area contributed by atoms with E-state index in [2.05, 4.69) is 10.6 Å². The molecule has 0 aromatic carbocycles. The highest BCUT2D eigenvalue weighted by molar-refractivity contribution is 5.91. The number of nitrogens with one attached hydrogen (secondary N) is 2.